The molecule has 80 valence electrons. The Morgan fingerprint density at radius 3 is 2.67 bits per heavy atom. The lowest BCUT2D eigenvalue weighted by atomic mass is 10.1. The van der Waals surface area contributed by atoms with Crippen molar-refractivity contribution in [3.8, 4) is 0 Å². The molecule has 15 heavy (non-hydrogen) atoms. The number of aryl methyl sites for hydroxylation is 1. The largest absolute Gasteiger partial charge is 0.344 e. The van der Waals surface area contributed by atoms with Crippen LogP contribution in [0, 0.1) is 6.92 Å². The average Bonchev–Trinajstić information content (AvgIpc) is 2.58. The maximum Gasteiger partial charge on any atom is 0.0515 e. The van der Waals surface area contributed by atoms with Crippen LogP contribution in [0.25, 0.3) is 10.9 Å². The van der Waals surface area contributed by atoms with Gasteiger partial charge >= 0.3 is 0 Å². The average molecular weight is 219 g/mol. The summed E-state index contributed by atoms with van der Waals surface area (Å²) in [6.45, 7) is 6.60. The first-order valence-electron chi connectivity index (χ1n) is 5.35. The number of nitrogens with zero attached hydrogens (tertiary/aromatic N) is 1. The highest BCUT2D eigenvalue weighted by Gasteiger charge is 2.10. The van der Waals surface area contributed by atoms with Gasteiger partial charge in [0.25, 0.3) is 0 Å². The van der Waals surface area contributed by atoms with Gasteiger partial charge in [-0.1, -0.05) is 18.2 Å². The Morgan fingerprint density at radius 2 is 2.07 bits per heavy atom. The van der Waals surface area contributed by atoms with E-state index in [2.05, 4.69) is 62.4 Å². The van der Waals surface area contributed by atoms with Crippen LogP contribution in [0.3, 0.4) is 0 Å². The molecule has 0 aliphatic rings. The van der Waals surface area contributed by atoms with E-state index in [-0.39, 0.29) is 0 Å². The molecule has 2 rings (SSSR count). The maximum absolute atomic E-state index is 4.39. The number of thiol groups is 1. The van der Waals surface area contributed by atoms with E-state index in [0.29, 0.717) is 6.04 Å². The highest BCUT2D eigenvalue weighted by molar-refractivity contribution is 7.79. The zero-order valence-electron chi connectivity index (χ0n) is 9.49. The summed E-state index contributed by atoms with van der Waals surface area (Å²) >= 11 is 4.39. The van der Waals surface area contributed by atoms with Crippen molar-refractivity contribution in [3.05, 3.63) is 35.5 Å². The number of benzene rings is 1. The van der Waals surface area contributed by atoms with Crippen molar-refractivity contribution in [3.63, 3.8) is 0 Å². The lowest BCUT2D eigenvalue weighted by Crippen LogP contribution is -1.99. The van der Waals surface area contributed by atoms with Crippen LogP contribution in [0.5, 0.6) is 0 Å². The molecule has 0 fully saturated rings. The van der Waals surface area contributed by atoms with Crippen LogP contribution in [0.2, 0.25) is 0 Å². The summed E-state index contributed by atoms with van der Waals surface area (Å²) in [5, 5.41) is 1.35. The smallest absolute Gasteiger partial charge is 0.0515 e. The third kappa shape index (κ3) is 1.67. The van der Waals surface area contributed by atoms with Gasteiger partial charge in [-0.2, -0.15) is 12.6 Å². The highest BCUT2D eigenvalue weighted by Crippen LogP contribution is 2.28. The van der Waals surface area contributed by atoms with E-state index in [0.717, 1.165) is 5.75 Å². The van der Waals surface area contributed by atoms with Crippen LogP contribution in [-0.2, 0) is 5.75 Å². The molecule has 0 aliphatic heterocycles. The molecular weight excluding hydrogens is 202 g/mol. The van der Waals surface area contributed by atoms with Crippen LogP contribution in [-0.4, -0.2) is 4.57 Å². The van der Waals surface area contributed by atoms with Crippen molar-refractivity contribution in [2.24, 2.45) is 0 Å². The molecule has 0 amide bonds. The van der Waals surface area contributed by atoms with E-state index in [1.54, 1.807) is 0 Å². The summed E-state index contributed by atoms with van der Waals surface area (Å²) in [6.07, 6.45) is 2.23. The quantitative estimate of drug-likeness (QED) is 0.729. The molecular formula is C13H17NS. The number of fused-ring (bicyclic) bond motifs is 1. The second kappa shape index (κ2) is 3.93. The third-order valence-electron chi connectivity index (χ3n) is 2.86. The number of para-hydroxylation sites is 1. The maximum atomic E-state index is 4.39. The molecule has 0 radical (unpaired) electrons. The summed E-state index contributed by atoms with van der Waals surface area (Å²) in [5.74, 6) is 0.805. The molecule has 1 aromatic heterocycles. The lowest BCUT2D eigenvalue weighted by molar-refractivity contribution is 0.621. The predicted molar refractivity (Wildman–Crippen MR) is 69.8 cm³/mol. The zero-order chi connectivity index (χ0) is 11.0. The normalized spacial score (nSPS) is 11.5. The van der Waals surface area contributed by atoms with Crippen LogP contribution >= 0.6 is 12.6 Å². The SMILES string of the molecule is Cc1cccc2c(CS)cn(C(C)C)c12. The van der Waals surface area contributed by atoms with Crippen molar-refractivity contribution < 1.29 is 0 Å². The molecule has 0 saturated carbocycles. The summed E-state index contributed by atoms with van der Waals surface area (Å²) in [5.41, 5.74) is 4.02. The minimum Gasteiger partial charge on any atom is -0.344 e. The molecule has 0 bridgehead atoms. The molecule has 0 saturated heterocycles. The minimum atomic E-state index is 0.502. The second-order valence-corrected chi connectivity index (χ2v) is 4.60. The number of hydrogen-bond donors (Lipinski definition) is 1. The fourth-order valence-corrected chi connectivity index (χ4v) is 2.35. The molecule has 0 spiro atoms. The highest BCUT2D eigenvalue weighted by atomic mass is 32.1. The standard InChI is InChI=1S/C13H17NS/c1-9(2)14-7-11(8-15)12-6-4-5-10(3)13(12)14/h4-7,9,15H,8H2,1-3H3. The fourth-order valence-electron chi connectivity index (χ4n) is 2.10. The van der Waals surface area contributed by atoms with Gasteiger partial charge in [-0.25, -0.2) is 0 Å². The Hall–Kier alpha value is -0.890. The first-order chi connectivity index (χ1) is 7.15. The van der Waals surface area contributed by atoms with Crippen molar-refractivity contribution in [2.75, 3.05) is 0 Å². The van der Waals surface area contributed by atoms with Gasteiger partial charge in [0.1, 0.15) is 0 Å². The van der Waals surface area contributed by atoms with Crippen LogP contribution < -0.4 is 0 Å². The number of hydrogen-bond acceptors (Lipinski definition) is 1. The summed E-state index contributed by atoms with van der Waals surface area (Å²) in [4.78, 5) is 0. The van der Waals surface area contributed by atoms with E-state index in [4.69, 9.17) is 0 Å². The Balaban J connectivity index is 2.82. The first kappa shape index (κ1) is 10.6. The Kier molecular flexibility index (Phi) is 2.79. The first-order valence-corrected chi connectivity index (χ1v) is 5.98. The molecule has 1 heterocycles. The second-order valence-electron chi connectivity index (χ2n) is 4.28. The molecule has 0 N–H and O–H groups in total. The molecule has 0 atom stereocenters. The third-order valence-corrected chi connectivity index (χ3v) is 3.20. The lowest BCUT2D eigenvalue weighted by Gasteiger charge is -2.10. The monoisotopic (exact) mass is 219 g/mol. The Bertz CT molecular complexity index is 482. The summed E-state index contributed by atoms with van der Waals surface area (Å²) in [6, 6.07) is 6.98. The minimum absolute atomic E-state index is 0.502. The molecule has 2 heteroatoms. The van der Waals surface area contributed by atoms with E-state index in [1.165, 1.54) is 22.0 Å². The van der Waals surface area contributed by atoms with Gasteiger partial charge in [0, 0.05) is 23.4 Å². The molecule has 2 aromatic rings. The topological polar surface area (TPSA) is 4.93 Å². The Morgan fingerprint density at radius 1 is 1.33 bits per heavy atom. The molecule has 0 aliphatic carbocycles. The molecule has 1 nitrogen and oxygen atoms in total. The van der Waals surface area contributed by atoms with Gasteiger partial charge in [0.15, 0.2) is 0 Å². The van der Waals surface area contributed by atoms with Crippen LogP contribution in [0.15, 0.2) is 24.4 Å². The molecule has 1 aromatic carbocycles. The number of aromatic nitrogens is 1. The van der Waals surface area contributed by atoms with Gasteiger partial charge in [-0.05, 0) is 31.9 Å². The van der Waals surface area contributed by atoms with E-state index in [1.807, 2.05) is 0 Å². The Labute approximate surface area is 96.5 Å². The van der Waals surface area contributed by atoms with Crippen LogP contribution in [0.1, 0.15) is 31.0 Å². The van der Waals surface area contributed by atoms with Gasteiger partial charge in [0.05, 0.1) is 5.52 Å². The van der Waals surface area contributed by atoms with E-state index in [9.17, 15) is 0 Å². The number of rotatable bonds is 2. The van der Waals surface area contributed by atoms with Gasteiger partial charge in [-0.15, -0.1) is 0 Å². The van der Waals surface area contributed by atoms with Crippen molar-refractivity contribution >= 4 is 23.5 Å². The molecule has 0 unspecified atom stereocenters. The van der Waals surface area contributed by atoms with Gasteiger partial charge in [-0.3, -0.25) is 0 Å². The van der Waals surface area contributed by atoms with E-state index >= 15 is 0 Å². The van der Waals surface area contributed by atoms with Gasteiger partial charge < -0.3 is 4.57 Å². The zero-order valence-corrected chi connectivity index (χ0v) is 10.4. The van der Waals surface area contributed by atoms with Crippen molar-refractivity contribution in [1.82, 2.24) is 4.57 Å². The fraction of sp³-hybridized carbons (Fsp3) is 0.385. The van der Waals surface area contributed by atoms with Crippen molar-refractivity contribution in [2.45, 2.75) is 32.6 Å². The predicted octanol–water partition coefficient (Wildman–Crippen LogP) is 3.96. The summed E-state index contributed by atoms with van der Waals surface area (Å²) < 4.78 is 2.34. The van der Waals surface area contributed by atoms with Crippen molar-refractivity contribution in [1.29, 1.82) is 0 Å². The summed E-state index contributed by atoms with van der Waals surface area (Å²) in [7, 11) is 0. The van der Waals surface area contributed by atoms with Crippen LogP contribution in [0.4, 0.5) is 0 Å². The van der Waals surface area contributed by atoms with Gasteiger partial charge in [0.2, 0.25) is 0 Å². The van der Waals surface area contributed by atoms with E-state index < -0.39 is 0 Å².